The number of hydrogen-bond donors (Lipinski definition) is 1. The summed E-state index contributed by atoms with van der Waals surface area (Å²) in [7, 11) is 0. The molecule has 1 saturated heterocycles. The quantitative estimate of drug-likeness (QED) is 0.493. The van der Waals surface area contributed by atoms with E-state index in [2.05, 4.69) is 55.1 Å². The summed E-state index contributed by atoms with van der Waals surface area (Å²) < 4.78 is 6.36. The molecule has 0 aromatic heterocycles. The second-order valence-corrected chi connectivity index (χ2v) is 11.7. The summed E-state index contributed by atoms with van der Waals surface area (Å²) in [4.78, 5) is 13.9. The Kier molecular flexibility index (Phi) is 7.15. The Hall–Kier alpha value is -2.07. The third-order valence-electron chi connectivity index (χ3n) is 8.96. The molecule has 0 amide bonds. The zero-order valence-electron chi connectivity index (χ0n) is 20.9. The molecule has 0 spiro atoms. The number of benzene rings is 2. The number of hydrogen-bond acceptors (Lipinski definition) is 3. The van der Waals surface area contributed by atoms with Gasteiger partial charge in [0.05, 0.1) is 12.0 Å². The van der Waals surface area contributed by atoms with Gasteiger partial charge in [0.25, 0.3) is 0 Å². The van der Waals surface area contributed by atoms with Gasteiger partial charge in [0, 0.05) is 19.6 Å². The standard InChI is InChI=1S/C30H41NO3/c1-20(2)22-8-11-28(12-9-22)34-29-13-10-24-14-21(6-7-25(24)16-29)17-31-18-27(19-31)23-4-3-5-26(15-23)30(32)33/h6-7,10,13-14,16,20,22-23,26-28H,3-5,8-9,11-12,15,17-19H2,1-2H3,(H,32,33)/t22-,23?,26?,28+. The van der Waals surface area contributed by atoms with E-state index in [4.69, 9.17) is 4.74 Å². The zero-order chi connectivity index (χ0) is 23.7. The van der Waals surface area contributed by atoms with E-state index in [9.17, 15) is 9.90 Å². The van der Waals surface area contributed by atoms with Crippen molar-refractivity contribution in [2.45, 2.75) is 77.9 Å². The van der Waals surface area contributed by atoms with Crippen LogP contribution >= 0.6 is 0 Å². The lowest BCUT2D eigenvalue weighted by Gasteiger charge is -2.45. The van der Waals surface area contributed by atoms with Crippen LogP contribution in [0.4, 0.5) is 0 Å². The number of rotatable bonds is 7. The first kappa shape index (κ1) is 23.7. The van der Waals surface area contributed by atoms with Crippen molar-refractivity contribution in [2.24, 2.45) is 29.6 Å². The fraction of sp³-hybridized carbons (Fsp3) is 0.633. The van der Waals surface area contributed by atoms with Crippen molar-refractivity contribution in [1.82, 2.24) is 4.90 Å². The van der Waals surface area contributed by atoms with E-state index in [-0.39, 0.29) is 5.92 Å². The number of ether oxygens (including phenoxy) is 1. The van der Waals surface area contributed by atoms with Gasteiger partial charge in [-0.1, -0.05) is 44.9 Å². The van der Waals surface area contributed by atoms with Gasteiger partial charge in [-0.25, -0.2) is 0 Å². The molecule has 184 valence electrons. The van der Waals surface area contributed by atoms with E-state index >= 15 is 0 Å². The molecule has 2 aliphatic carbocycles. The number of likely N-dealkylation sites (tertiary alicyclic amines) is 1. The molecule has 1 aliphatic heterocycles. The lowest BCUT2D eigenvalue weighted by Crippen LogP contribution is -2.50. The number of aliphatic carboxylic acids is 1. The lowest BCUT2D eigenvalue weighted by atomic mass is 9.72. The summed E-state index contributed by atoms with van der Waals surface area (Å²) >= 11 is 0. The van der Waals surface area contributed by atoms with Crippen LogP contribution in [-0.2, 0) is 11.3 Å². The Labute approximate surface area is 204 Å². The minimum Gasteiger partial charge on any atom is -0.490 e. The van der Waals surface area contributed by atoms with Crippen LogP contribution in [0.1, 0.15) is 70.8 Å². The average Bonchev–Trinajstić information content (AvgIpc) is 2.81. The van der Waals surface area contributed by atoms with Crippen molar-refractivity contribution in [3.05, 3.63) is 42.0 Å². The minimum atomic E-state index is -0.593. The Morgan fingerprint density at radius 3 is 2.44 bits per heavy atom. The van der Waals surface area contributed by atoms with E-state index in [1.54, 1.807) is 0 Å². The van der Waals surface area contributed by atoms with Crippen LogP contribution in [-0.4, -0.2) is 35.2 Å². The third-order valence-corrected chi connectivity index (χ3v) is 8.96. The second-order valence-electron chi connectivity index (χ2n) is 11.7. The highest BCUT2D eigenvalue weighted by molar-refractivity contribution is 5.84. The Balaban J connectivity index is 1.12. The number of carboxylic acid groups (broad SMARTS) is 1. The SMILES string of the molecule is CC(C)[C@H]1CC[C@@H](Oc2ccc3cc(CN4CC(C5CCCC(C(=O)O)C5)C4)ccc3c2)CC1. The predicted molar refractivity (Wildman–Crippen MR) is 137 cm³/mol. The van der Waals surface area contributed by atoms with E-state index in [1.807, 2.05) is 0 Å². The molecule has 1 heterocycles. The van der Waals surface area contributed by atoms with Gasteiger partial charge >= 0.3 is 5.97 Å². The van der Waals surface area contributed by atoms with Crippen molar-refractivity contribution in [3.8, 4) is 5.75 Å². The molecule has 1 N–H and O–H groups in total. The first-order chi connectivity index (χ1) is 16.4. The molecule has 2 aromatic rings. The zero-order valence-corrected chi connectivity index (χ0v) is 20.9. The lowest BCUT2D eigenvalue weighted by molar-refractivity contribution is -0.144. The number of carboxylic acids is 1. The highest BCUT2D eigenvalue weighted by Crippen LogP contribution is 2.38. The van der Waals surface area contributed by atoms with Gasteiger partial charge in [0.2, 0.25) is 0 Å². The normalized spacial score (nSPS) is 28.7. The van der Waals surface area contributed by atoms with Crippen LogP contribution in [0.2, 0.25) is 0 Å². The van der Waals surface area contributed by atoms with Crippen LogP contribution in [0.25, 0.3) is 10.8 Å². The minimum absolute atomic E-state index is 0.114. The van der Waals surface area contributed by atoms with E-state index in [1.165, 1.54) is 48.4 Å². The van der Waals surface area contributed by atoms with Crippen molar-refractivity contribution < 1.29 is 14.6 Å². The molecular formula is C30H41NO3. The Bertz CT molecular complexity index is 988. The van der Waals surface area contributed by atoms with Crippen LogP contribution in [0.5, 0.6) is 5.75 Å². The van der Waals surface area contributed by atoms with Gasteiger partial charge in [0.1, 0.15) is 5.75 Å². The van der Waals surface area contributed by atoms with Gasteiger partial charge in [-0.15, -0.1) is 0 Å². The predicted octanol–water partition coefficient (Wildman–Crippen LogP) is 6.76. The fourth-order valence-corrected chi connectivity index (χ4v) is 6.69. The van der Waals surface area contributed by atoms with Gasteiger partial charge in [-0.3, -0.25) is 9.69 Å². The van der Waals surface area contributed by atoms with Crippen molar-refractivity contribution in [3.63, 3.8) is 0 Å². The number of nitrogens with zero attached hydrogens (tertiary/aromatic N) is 1. The van der Waals surface area contributed by atoms with Crippen LogP contribution in [0, 0.1) is 29.6 Å². The molecule has 34 heavy (non-hydrogen) atoms. The highest BCUT2D eigenvalue weighted by atomic mass is 16.5. The average molecular weight is 464 g/mol. The molecule has 0 bridgehead atoms. The Morgan fingerprint density at radius 1 is 0.971 bits per heavy atom. The summed E-state index contributed by atoms with van der Waals surface area (Å²) in [6, 6.07) is 13.4. The molecule has 2 atom stereocenters. The third kappa shape index (κ3) is 5.43. The van der Waals surface area contributed by atoms with Crippen molar-refractivity contribution in [1.29, 1.82) is 0 Å². The smallest absolute Gasteiger partial charge is 0.306 e. The molecule has 4 heteroatoms. The maximum absolute atomic E-state index is 11.4. The van der Waals surface area contributed by atoms with Crippen LogP contribution in [0.3, 0.4) is 0 Å². The number of carbonyl (C=O) groups is 1. The first-order valence-corrected chi connectivity index (χ1v) is 13.6. The van der Waals surface area contributed by atoms with Crippen molar-refractivity contribution in [2.75, 3.05) is 13.1 Å². The largest absolute Gasteiger partial charge is 0.490 e. The number of fused-ring (bicyclic) bond motifs is 1. The van der Waals surface area contributed by atoms with Crippen molar-refractivity contribution >= 4 is 16.7 Å². The molecule has 4 nitrogen and oxygen atoms in total. The molecule has 0 radical (unpaired) electrons. The molecule has 3 fully saturated rings. The Morgan fingerprint density at radius 2 is 1.71 bits per heavy atom. The monoisotopic (exact) mass is 463 g/mol. The van der Waals surface area contributed by atoms with E-state index in [0.29, 0.717) is 17.9 Å². The maximum atomic E-state index is 11.4. The first-order valence-electron chi connectivity index (χ1n) is 13.6. The van der Waals surface area contributed by atoms with Gasteiger partial charge in [-0.2, -0.15) is 0 Å². The molecule has 3 aliphatic rings. The highest BCUT2D eigenvalue weighted by Gasteiger charge is 2.37. The maximum Gasteiger partial charge on any atom is 0.306 e. The molecule has 2 unspecified atom stereocenters. The summed E-state index contributed by atoms with van der Waals surface area (Å²) in [5, 5.41) is 11.9. The van der Waals surface area contributed by atoms with Crippen LogP contribution < -0.4 is 4.74 Å². The summed E-state index contributed by atoms with van der Waals surface area (Å²) in [5.74, 6) is 3.22. The second kappa shape index (κ2) is 10.3. The summed E-state index contributed by atoms with van der Waals surface area (Å²) in [6.45, 7) is 7.90. The fourth-order valence-electron chi connectivity index (χ4n) is 6.69. The van der Waals surface area contributed by atoms with Crippen LogP contribution in [0.15, 0.2) is 36.4 Å². The van der Waals surface area contributed by atoms with Gasteiger partial charge in [-0.05, 0) is 96.7 Å². The van der Waals surface area contributed by atoms with Gasteiger partial charge in [0.15, 0.2) is 0 Å². The van der Waals surface area contributed by atoms with E-state index < -0.39 is 5.97 Å². The molecule has 2 aromatic carbocycles. The molecule has 2 saturated carbocycles. The summed E-state index contributed by atoms with van der Waals surface area (Å²) in [6.07, 6.45) is 9.33. The summed E-state index contributed by atoms with van der Waals surface area (Å²) in [5.41, 5.74) is 1.36. The van der Waals surface area contributed by atoms with Gasteiger partial charge < -0.3 is 9.84 Å². The molecule has 5 rings (SSSR count). The molecular weight excluding hydrogens is 422 g/mol. The topological polar surface area (TPSA) is 49.8 Å². The van der Waals surface area contributed by atoms with E-state index in [0.717, 1.165) is 56.5 Å².